The first-order valence-electron chi connectivity index (χ1n) is 19.4. The summed E-state index contributed by atoms with van der Waals surface area (Å²) in [5, 5.41) is 17.7. The van der Waals surface area contributed by atoms with Crippen molar-refractivity contribution in [2.45, 2.75) is 53.5 Å². The molecule has 0 fully saturated rings. The van der Waals surface area contributed by atoms with Crippen molar-refractivity contribution in [3.63, 3.8) is 0 Å². The molecule has 4 heterocycles. The summed E-state index contributed by atoms with van der Waals surface area (Å²) in [5.41, 5.74) is 9.04. The number of nitrogens with zero attached hydrogens (tertiary/aromatic N) is 5. The summed E-state index contributed by atoms with van der Waals surface area (Å²) in [5.74, 6) is -0.0496. The molecule has 0 aliphatic carbocycles. The highest BCUT2D eigenvalue weighted by atomic mass is 35.5. The van der Waals surface area contributed by atoms with Gasteiger partial charge in [-0.1, -0.05) is 29.3 Å². The van der Waals surface area contributed by atoms with Gasteiger partial charge in [0.05, 0.1) is 53.9 Å². The van der Waals surface area contributed by atoms with E-state index >= 15 is 4.79 Å². The second-order valence-corrected chi connectivity index (χ2v) is 15.8. The Bertz CT molecular complexity index is 2550. The molecular weight excluding hydrogens is 781 g/mol. The number of fused-ring (bicyclic) bond motifs is 4. The third-order valence-corrected chi connectivity index (χ3v) is 12.0. The topological polar surface area (TPSA) is 122 Å². The van der Waals surface area contributed by atoms with E-state index in [1.54, 1.807) is 35.8 Å². The number of benzene rings is 3. The Morgan fingerprint density at radius 1 is 0.897 bits per heavy atom. The Balaban J connectivity index is 1.35. The van der Waals surface area contributed by atoms with Crippen LogP contribution in [0.3, 0.4) is 0 Å². The molecule has 0 spiro atoms. The molecule has 58 heavy (non-hydrogen) atoms. The Kier molecular flexibility index (Phi) is 11.8. The van der Waals surface area contributed by atoms with Crippen molar-refractivity contribution >= 4 is 62.6 Å². The molecule has 0 radical (unpaired) electrons. The average Bonchev–Trinajstić information content (AvgIpc) is 3.79. The zero-order valence-corrected chi connectivity index (χ0v) is 35.7. The maximum absolute atomic E-state index is 15.4. The maximum atomic E-state index is 15.4. The second kappa shape index (κ2) is 16.7. The van der Waals surface area contributed by atoms with Gasteiger partial charge in [0.15, 0.2) is 0 Å². The highest BCUT2D eigenvalue weighted by molar-refractivity contribution is 6.35. The Morgan fingerprint density at radius 3 is 2.26 bits per heavy atom. The number of aromatic carboxylic acids is 1. The molecule has 0 saturated heterocycles. The van der Waals surface area contributed by atoms with Gasteiger partial charge in [-0.05, 0) is 94.5 Å². The molecule has 3 aromatic carbocycles. The molecule has 1 aliphatic rings. The predicted octanol–water partition coefficient (Wildman–Crippen LogP) is 9.05. The number of carbonyl (C=O) groups is 2. The van der Waals surface area contributed by atoms with Crippen LogP contribution >= 0.6 is 23.2 Å². The molecule has 1 unspecified atom stereocenters. The zero-order valence-electron chi connectivity index (χ0n) is 34.2. The van der Waals surface area contributed by atoms with E-state index in [4.69, 9.17) is 47.2 Å². The van der Waals surface area contributed by atoms with Crippen molar-refractivity contribution in [3.05, 3.63) is 92.0 Å². The van der Waals surface area contributed by atoms with Crippen LogP contribution in [0.15, 0.2) is 42.5 Å². The number of anilines is 1. The summed E-state index contributed by atoms with van der Waals surface area (Å²) in [6, 6.07) is 12.8. The molecule has 14 heteroatoms. The van der Waals surface area contributed by atoms with Crippen LogP contribution in [0, 0.1) is 27.7 Å². The lowest BCUT2D eigenvalue weighted by atomic mass is 9.98. The number of aryl methyl sites for hydroxylation is 6. The Hall–Kier alpha value is -5.01. The van der Waals surface area contributed by atoms with E-state index in [1.807, 2.05) is 69.8 Å². The van der Waals surface area contributed by atoms with E-state index in [0.29, 0.717) is 78.9 Å². The van der Waals surface area contributed by atoms with Crippen molar-refractivity contribution in [2.75, 3.05) is 51.6 Å². The summed E-state index contributed by atoms with van der Waals surface area (Å²) in [6.07, 6.45) is 1.16. The van der Waals surface area contributed by atoms with E-state index in [-0.39, 0.29) is 24.2 Å². The van der Waals surface area contributed by atoms with E-state index in [9.17, 15) is 9.90 Å². The molecular formula is C44H49Cl2N5O7. The number of carboxylic acids is 1. The minimum absolute atomic E-state index is 0.0937. The highest BCUT2D eigenvalue weighted by Crippen LogP contribution is 2.46. The van der Waals surface area contributed by atoms with Gasteiger partial charge in [0.25, 0.3) is 5.91 Å². The van der Waals surface area contributed by atoms with Gasteiger partial charge in [0.2, 0.25) is 0 Å². The van der Waals surface area contributed by atoms with Crippen molar-refractivity contribution in [3.8, 4) is 22.6 Å². The van der Waals surface area contributed by atoms with Crippen molar-refractivity contribution in [1.29, 1.82) is 0 Å². The molecule has 1 aliphatic heterocycles. The van der Waals surface area contributed by atoms with Crippen molar-refractivity contribution < 1.29 is 33.6 Å². The first-order valence-corrected chi connectivity index (χ1v) is 20.1. The van der Waals surface area contributed by atoms with E-state index in [0.717, 1.165) is 60.9 Å². The Morgan fingerprint density at radius 2 is 1.59 bits per heavy atom. The van der Waals surface area contributed by atoms with Gasteiger partial charge in [0.1, 0.15) is 29.5 Å². The largest absolute Gasteiger partial charge is 0.494 e. The minimum Gasteiger partial charge on any atom is -0.494 e. The standard InChI is InChI=1S/C44H49Cl2N5O7/c1-24-18-30(19-25(2)39(24)46)57-13-9-10-32-33-11-12-34(45)38(37-27(4)47-49(7)28(37)5)41(33)51-26(3)23-50(43(52)42(32)51)35-22-31(58-17-16-56-15-14-55-8)20-29-21-36(44(53)54)48(6)40(29)35/h11-12,18-22,26H,9-10,13-17,23H2,1-8H3,(H,53,54). The lowest BCUT2D eigenvalue weighted by Crippen LogP contribution is -2.43. The fraction of sp³-hybridized carbons (Fsp3) is 0.386. The monoisotopic (exact) mass is 829 g/mol. The molecule has 306 valence electrons. The smallest absolute Gasteiger partial charge is 0.352 e. The van der Waals surface area contributed by atoms with Crippen LogP contribution < -0.4 is 14.4 Å². The second-order valence-electron chi connectivity index (χ2n) is 15.0. The molecule has 12 nitrogen and oxygen atoms in total. The first-order chi connectivity index (χ1) is 27.7. The molecule has 0 bridgehead atoms. The van der Waals surface area contributed by atoms with Crippen LogP contribution in [0.25, 0.3) is 32.9 Å². The van der Waals surface area contributed by atoms with E-state index in [1.165, 1.54) is 0 Å². The van der Waals surface area contributed by atoms with Gasteiger partial charge in [-0.2, -0.15) is 5.10 Å². The van der Waals surface area contributed by atoms with Crippen molar-refractivity contribution in [1.82, 2.24) is 18.9 Å². The molecule has 1 amide bonds. The van der Waals surface area contributed by atoms with Gasteiger partial charge in [-0.3, -0.25) is 9.48 Å². The summed E-state index contributed by atoms with van der Waals surface area (Å²) in [6.45, 7) is 12.2. The van der Waals surface area contributed by atoms with Gasteiger partial charge in [0, 0.05) is 72.5 Å². The van der Waals surface area contributed by atoms with Gasteiger partial charge >= 0.3 is 5.97 Å². The number of carbonyl (C=O) groups excluding carboxylic acids is 1. The summed E-state index contributed by atoms with van der Waals surface area (Å²) < 4.78 is 28.7. The Labute approximate surface area is 347 Å². The van der Waals surface area contributed by atoms with Crippen LogP contribution in [0.5, 0.6) is 11.5 Å². The lowest BCUT2D eigenvalue weighted by Gasteiger charge is -2.35. The molecule has 3 aromatic heterocycles. The normalized spacial score (nSPS) is 14.2. The third kappa shape index (κ3) is 7.43. The van der Waals surface area contributed by atoms with Crippen LogP contribution in [-0.4, -0.2) is 82.6 Å². The quantitative estimate of drug-likeness (QED) is 0.102. The number of hydrogen-bond acceptors (Lipinski definition) is 7. The van der Waals surface area contributed by atoms with E-state index < -0.39 is 5.97 Å². The molecule has 6 aromatic rings. The number of ether oxygens (including phenoxy) is 4. The van der Waals surface area contributed by atoms with Crippen LogP contribution in [0.4, 0.5) is 5.69 Å². The maximum Gasteiger partial charge on any atom is 0.352 e. The molecule has 1 N–H and O–H groups in total. The summed E-state index contributed by atoms with van der Waals surface area (Å²) in [7, 11) is 5.23. The summed E-state index contributed by atoms with van der Waals surface area (Å²) in [4.78, 5) is 29.5. The average molecular weight is 831 g/mol. The van der Waals surface area contributed by atoms with Crippen LogP contribution in [0.1, 0.15) is 68.4 Å². The summed E-state index contributed by atoms with van der Waals surface area (Å²) >= 11 is 13.6. The number of rotatable bonds is 15. The fourth-order valence-corrected chi connectivity index (χ4v) is 8.70. The number of halogens is 2. The zero-order chi connectivity index (χ0) is 41.6. The highest BCUT2D eigenvalue weighted by Gasteiger charge is 2.38. The number of aromatic nitrogens is 4. The number of hydrogen-bond donors (Lipinski definition) is 1. The van der Waals surface area contributed by atoms with E-state index in [2.05, 4.69) is 11.5 Å². The van der Waals surface area contributed by atoms with Crippen LogP contribution in [0.2, 0.25) is 10.0 Å². The van der Waals surface area contributed by atoms with Gasteiger partial charge in [-0.15, -0.1) is 0 Å². The van der Waals surface area contributed by atoms with Gasteiger partial charge in [-0.25, -0.2) is 4.79 Å². The lowest BCUT2D eigenvalue weighted by molar-refractivity contribution is 0.0544. The fourth-order valence-electron chi connectivity index (χ4n) is 8.35. The predicted molar refractivity (Wildman–Crippen MR) is 228 cm³/mol. The van der Waals surface area contributed by atoms with Crippen LogP contribution in [-0.2, 0) is 30.0 Å². The van der Waals surface area contributed by atoms with Crippen molar-refractivity contribution in [2.24, 2.45) is 14.1 Å². The molecule has 0 saturated carbocycles. The number of amides is 1. The van der Waals surface area contributed by atoms with Gasteiger partial charge < -0.3 is 38.1 Å². The molecule has 1 atom stereocenters. The number of carboxylic acid groups (broad SMARTS) is 1. The number of methoxy groups -OCH3 is 1. The molecule has 7 rings (SSSR count). The SMILES string of the molecule is COCCOCCOc1cc(N2CC(C)n3c(c(CCCOc4cc(C)c(Cl)c(C)c4)c4ccc(Cl)c(-c5c(C)nn(C)c5C)c43)C2=O)c2c(c1)cc(C(=O)O)n2C. The third-order valence-electron chi connectivity index (χ3n) is 11.1. The first kappa shape index (κ1) is 41.2. The minimum atomic E-state index is -1.07.